The van der Waals surface area contributed by atoms with Crippen LogP contribution in [-0.2, 0) is 11.3 Å². The summed E-state index contributed by atoms with van der Waals surface area (Å²) >= 11 is 0. The highest BCUT2D eigenvalue weighted by atomic mass is 127. The van der Waals surface area contributed by atoms with E-state index in [9.17, 15) is 0 Å². The summed E-state index contributed by atoms with van der Waals surface area (Å²) in [4.78, 5) is 6.86. The molecule has 0 radical (unpaired) electrons. The fourth-order valence-corrected chi connectivity index (χ4v) is 3.59. The first-order valence-electron chi connectivity index (χ1n) is 10.2. The van der Waals surface area contributed by atoms with Crippen molar-refractivity contribution in [2.45, 2.75) is 19.5 Å². The molecule has 3 rings (SSSR count). The maximum Gasteiger partial charge on any atom is 0.191 e. The number of guanidine groups is 1. The zero-order chi connectivity index (χ0) is 20.5. The van der Waals surface area contributed by atoms with E-state index in [0.29, 0.717) is 0 Å². The van der Waals surface area contributed by atoms with Gasteiger partial charge < -0.3 is 20.1 Å². The highest BCUT2D eigenvalue weighted by Crippen LogP contribution is 2.23. The van der Waals surface area contributed by atoms with Crippen LogP contribution >= 0.6 is 24.0 Å². The minimum atomic E-state index is 0. The van der Waals surface area contributed by atoms with Crippen LogP contribution in [-0.4, -0.2) is 57.9 Å². The van der Waals surface area contributed by atoms with E-state index in [1.54, 1.807) is 7.11 Å². The molecule has 1 aliphatic rings. The summed E-state index contributed by atoms with van der Waals surface area (Å²) in [5.41, 5.74) is 3.77. The highest BCUT2D eigenvalue weighted by Gasteiger charge is 2.23. The largest absolute Gasteiger partial charge is 0.497 e. The van der Waals surface area contributed by atoms with Gasteiger partial charge in [-0.25, -0.2) is 0 Å². The number of hydrogen-bond donors (Lipinski definition) is 2. The molecule has 1 fully saturated rings. The van der Waals surface area contributed by atoms with E-state index >= 15 is 0 Å². The zero-order valence-electron chi connectivity index (χ0n) is 18.1. The van der Waals surface area contributed by atoms with Crippen molar-refractivity contribution in [3.63, 3.8) is 0 Å². The summed E-state index contributed by atoms with van der Waals surface area (Å²) < 4.78 is 10.9. The fraction of sp³-hybridized carbons (Fsp3) is 0.435. The van der Waals surface area contributed by atoms with Crippen molar-refractivity contribution in [2.24, 2.45) is 4.99 Å². The Labute approximate surface area is 197 Å². The van der Waals surface area contributed by atoms with Crippen molar-refractivity contribution in [1.29, 1.82) is 0 Å². The van der Waals surface area contributed by atoms with Gasteiger partial charge in [0.25, 0.3) is 0 Å². The molecule has 0 bridgehead atoms. The fourth-order valence-electron chi connectivity index (χ4n) is 3.59. The second-order valence-corrected chi connectivity index (χ2v) is 7.23. The number of aryl methyl sites for hydroxylation is 1. The molecule has 0 amide bonds. The summed E-state index contributed by atoms with van der Waals surface area (Å²) in [6.45, 7) is 7.01. The minimum Gasteiger partial charge on any atom is -0.497 e. The number of nitrogens with one attached hydrogen (secondary N) is 2. The Kier molecular flexibility index (Phi) is 10.4. The molecular weight excluding hydrogens is 491 g/mol. The first-order valence-corrected chi connectivity index (χ1v) is 10.2. The quantitative estimate of drug-likeness (QED) is 0.331. The van der Waals surface area contributed by atoms with Crippen LogP contribution in [0.1, 0.15) is 22.7 Å². The van der Waals surface area contributed by atoms with Gasteiger partial charge in [0, 0.05) is 33.2 Å². The van der Waals surface area contributed by atoms with Crippen molar-refractivity contribution in [3.8, 4) is 5.75 Å². The molecule has 1 heterocycles. The number of methoxy groups -OCH3 is 1. The van der Waals surface area contributed by atoms with Gasteiger partial charge in [-0.05, 0) is 30.2 Å². The standard InChI is InChI=1S/C23H32N4O2.HI/c1-18-5-4-6-19(15-18)16-25-23(24-2)26-17-22(27-11-13-29-14-12-27)20-7-9-21(28-3)10-8-20;/h4-10,15,22H,11-14,16-17H2,1-3H3,(H2,24,25,26);1H. The highest BCUT2D eigenvalue weighted by molar-refractivity contribution is 14.0. The Hall–Kier alpha value is -1.84. The lowest BCUT2D eigenvalue weighted by Crippen LogP contribution is -2.46. The van der Waals surface area contributed by atoms with Crippen LogP contribution in [0.25, 0.3) is 0 Å². The van der Waals surface area contributed by atoms with Gasteiger partial charge in [-0.2, -0.15) is 0 Å². The minimum absolute atomic E-state index is 0. The summed E-state index contributed by atoms with van der Waals surface area (Å²) in [5, 5.41) is 6.92. The van der Waals surface area contributed by atoms with Crippen molar-refractivity contribution in [3.05, 3.63) is 65.2 Å². The molecule has 2 N–H and O–H groups in total. The average Bonchev–Trinajstić information content (AvgIpc) is 2.77. The topological polar surface area (TPSA) is 58.1 Å². The number of aliphatic imine (C=N–C) groups is 1. The van der Waals surface area contributed by atoms with Crippen molar-refractivity contribution >= 4 is 29.9 Å². The Bertz CT molecular complexity index is 792. The summed E-state index contributed by atoms with van der Waals surface area (Å²) in [5.74, 6) is 1.68. The summed E-state index contributed by atoms with van der Waals surface area (Å²) in [6.07, 6.45) is 0. The smallest absolute Gasteiger partial charge is 0.191 e. The molecule has 0 spiro atoms. The maximum absolute atomic E-state index is 5.55. The molecule has 1 saturated heterocycles. The van der Waals surface area contributed by atoms with Crippen LogP contribution in [0.4, 0.5) is 0 Å². The van der Waals surface area contributed by atoms with Crippen LogP contribution < -0.4 is 15.4 Å². The van der Waals surface area contributed by atoms with Crippen LogP contribution in [0.3, 0.4) is 0 Å². The van der Waals surface area contributed by atoms with E-state index in [1.165, 1.54) is 16.7 Å². The van der Waals surface area contributed by atoms with E-state index in [-0.39, 0.29) is 30.0 Å². The van der Waals surface area contributed by atoms with Crippen molar-refractivity contribution < 1.29 is 9.47 Å². The Morgan fingerprint density at radius 2 is 1.87 bits per heavy atom. The van der Waals surface area contributed by atoms with Gasteiger partial charge in [-0.1, -0.05) is 42.0 Å². The van der Waals surface area contributed by atoms with Crippen LogP contribution in [0.15, 0.2) is 53.5 Å². The lowest BCUT2D eigenvalue weighted by atomic mass is 10.0. The molecule has 2 aromatic carbocycles. The molecule has 6 nitrogen and oxygen atoms in total. The first kappa shape index (κ1) is 24.4. The lowest BCUT2D eigenvalue weighted by molar-refractivity contribution is 0.0170. The lowest BCUT2D eigenvalue weighted by Gasteiger charge is -2.35. The third kappa shape index (κ3) is 7.14. The van der Waals surface area contributed by atoms with Crippen LogP contribution in [0.5, 0.6) is 5.75 Å². The monoisotopic (exact) mass is 524 g/mol. The van der Waals surface area contributed by atoms with Gasteiger partial charge in [0.2, 0.25) is 0 Å². The van der Waals surface area contributed by atoms with Gasteiger partial charge in [0.1, 0.15) is 5.75 Å². The number of ether oxygens (including phenoxy) is 2. The Morgan fingerprint density at radius 3 is 2.50 bits per heavy atom. The number of halogens is 1. The zero-order valence-corrected chi connectivity index (χ0v) is 20.4. The first-order chi connectivity index (χ1) is 14.2. The third-order valence-electron chi connectivity index (χ3n) is 5.22. The molecule has 30 heavy (non-hydrogen) atoms. The molecule has 1 atom stereocenters. The molecule has 1 aliphatic heterocycles. The van der Waals surface area contributed by atoms with Gasteiger partial charge in [0.05, 0.1) is 26.4 Å². The van der Waals surface area contributed by atoms with E-state index in [0.717, 1.165) is 51.1 Å². The molecular formula is C23H33IN4O2. The molecule has 0 aromatic heterocycles. The van der Waals surface area contributed by atoms with Crippen LogP contribution in [0.2, 0.25) is 0 Å². The molecule has 7 heteroatoms. The third-order valence-corrected chi connectivity index (χ3v) is 5.22. The number of rotatable bonds is 7. The average molecular weight is 524 g/mol. The SMILES string of the molecule is CN=C(NCc1cccc(C)c1)NCC(c1ccc(OC)cc1)N1CCOCC1.I. The molecule has 0 aliphatic carbocycles. The summed E-state index contributed by atoms with van der Waals surface area (Å²) in [7, 11) is 3.50. The second-order valence-electron chi connectivity index (χ2n) is 7.23. The molecule has 2 aromatic rings. The number of nitrogens with zero attached hydrogens (tertiary/aromatic N) is 2. The maximum atomic E-state index is 5.55. The van der Waals surface area contributed by atoms with E-state index in [4.69, 9.17) is 9.47 Å². The number of benzene rings is 2. The van der Waals surface area contributed by atoms with Gasteiger partial charge >= 0.3 is 0 Å². The number of morpholine rings is 1. The predicted octanol–water partition coefficient (Wildman–Crippen LogP) is 3.36. The normalized spacial score (nSPS) is 15.8. The van der Waals surface area contributed by atoms with Gasteiger partial charge in [0.15, 0.2) is 5.96 Å². The molecule has 1 unspecified atom stereocenters. The van der Waals surface area contributed by atoms with Crippen molar-refractivity contribution in [2.75, 3.05) is 47.0 Å². The number of hydrogen-bond acceptors (Lipinski definition) is 4. The van der Waals surface area contributed by atoms with E-state index < -0.39 is 0 Å². The van der Waals surface area contributed by atoms with E-state index in [2.05, 4.69) is 63.8 Å². The van der Waals surface area contributed by atoms with Crippen molar-refractivity contribution in [1.82, 2.24) is 15.5 Å². The van der Waals surface area contributed by atoms with Gasteiger partial charge in [-0.15, -0.1) is 24.0 Å². The summed E-state index contributed by atoms with van der Waals surface area (Å²) in [6, 6.07) is 17.1. The van der Waals surface area contributed by atoms with Crippen LogP contribution in [0, 0.1) is 6.92 Å². The Balaban J connectivity index is 0.00000320. The molecule has 0 saturated carbocycles. The second kappa shape index (κ2) is 12.8. The predicted molar refractivity (Wildman–Crippen MR) is 133 cm³/mol. The molecule has 164 valence electrons. The van der Waals surface area contributed by atoms with Gasteiger partial charge in [-0.3, -0.25) is 9.89 Å². The Morgan fingerprint density at radius 1 is 1.13 bits per heavy atom. The van der Waals surface area contributed by atoms with E-state index in [1.807, 2.05) is 19.2 Å².